The van der Waals surface area contributed by atoms with Crippen molar-refractivity contribution in [2.24, 2.45) is 0 Å². The Kier molecular flexibility index (Phi) is 8.88. The van der Waals surface area contributed by atoms with Gasteiger partial charge >= 0.3 is 11.6 Å². The fourth-order valence-electron chi connectivity index (χ4n) is 3.76. The highest BCUT2D eigenvalue weighted by atomic mass is 19.1. The summed E-state index contributed by atoms with van der Waals surface area (Å²) in [7, 11) is 0. The number of aromatic nitrogens is 2. The summed E-state index contributed by atoms with van der Waals surface area (Å²) in [5, 5.41) is 52.4. The summed E-state index contributed by atoms with van der Waals surface area (Å²) in [4.78, 5) is 26.0. The quantitative estimate of drug-likeness (QED) is 0.108. The second-order valence-corrected chi connectivity index (χ2v) is 7.87. The number of aliphatic hydroxyl groups excluding tert-OH is 2. The maximum Gasteiger partial charge on any atom is 0.332 e. The highest BCUT2D eigenvalue weighted by Crippen LogP contribution is 2.44. The average molecular weight is 461 g/mol. The summed E-state index contributed by atoms with van der Waals surface area (Å²) in [6.45, 7) is 4.50. The summed E-state index contributed by atoms with van der Waals surface area (Å²) in [5.41, 5.74) is -5.69. The molecule has 182 valence electrons. The van der Waals surface area contributed by atoms with Gasteiger partial charge in [0.1, 0.15) is 12.2 Å². The lowest BCUT2D eigenvalue weighted by Gasteiger charge is -2.43. The van der Waals surface area contributed by atoms with Crippen molar-refractivity contribution < 1.29 is 34.8 Å². The molecule has 0 aliphatic carbocycles. The number of nitrogens with zero attached hydrogens (tertiary/aromatic N) is 2. The van der Waals surface area contributed by atoms with E-state index in [9.17, 15) is 39.6 Å². The van der Waals surface area contributed by atoms with Crippen LogP contribution in [0.1, 0.15) is 57.4 Å². The van der Waals surface area contributed by atoms with E-state index < -0.39 is 48.0 Å². The Morgan fingerprint density at radius 2 is 1.94 bits per heavy atom. The minimum absolute atomic E-state index is 0.223. The van der Waals surface area contributed by atoms with E-state index in [0.29, 0.717) is 12.8 Å². The predicted octanol–water partition coefficient (Wildman–Crippen LogP) is -0.0398. The second kappa shape index (κ2) is 10.8. The molecule has 0 amide bonds. The number of hydrogen-bond acceptors (Lipinski definition) is 9. The lowest BCUT2D eigenvalue weighted by Crippen LogP contribution is -2.69. The molecule has 6 N–H and O–H groups in total. The van der Waals surface area contributed by atoms with Crippen molar-refractivity contribution in [3.05, 3.63) is 39.2 Å². The van der Waals surface area contributed by atoms with Gasteiger partial charge < -0.3 is 30.4 Å². The molecule has 0 aromatic carbocycles. The normalized spacial score (nSPS) is 28.9. The standard InChI is InChI=1S/C20H32FN3O8/c1-3-5-6-7-8-9-10-15(21)24(31)19(29)16(26)14(12-25)32-20(19,30)23-11-13(4-2)17(27)22-18(23)28/h4,11,14-16,25-26,29-31H,2-3,5-10,12H2,1H3,(H,22,27,28)/t14-,15?,16-,19-,20-/m1/s1. The van der Waals surface area contributed by atoms with Gasteiger partial charge in [-0.15, -0.1) is 5.06 Å². The molecule has 0 saturated carbocycles. The van der Waals surface area contributed by atoms with Crippen LogP contribution in [0.15, 0.2) is 22.4 Å². The molecule has 5 atom stereocenters. The Hall–Kier alpha value is -1.93. The van der Waals surface area contributed by atoms with E-state index in [1.54, 1.807) is 0 Å². The van der Waals surface area contributed by atoms with E-state index in [0.717, 1.165) is 38.0 Å². The number of halogens is 1. The van der Waals surface area contributed by atoms with Gasteiger partial charge in [-0.05, 0) is 12.8 Å². The van der Waals surface area contributed by atoms with E-state index in [-0.39, 0.29) is 21.6 Å². The molecule has 32 heavy (non-hydrogen) atoms. The summed E-state index contributed by atoms with van der Waals surface area (Å²) >= 11 is 0. The monoisotopic (exact) mass is 461 g/mol. The number of alkyl halides is 1. The summed E-state index contributed by atoms with van der Waals surface area (Å²) in [6, 6.07) is 0. The Morgan fingerprint density at radius 1 is 1.31 bits per heavy atom. The molecule has 1 aromatic rings. The molecule has 1 aliphatic rings. The number of hydrogen-bond donors (Lipinski definition) is 6. The number of nitrogens with one attached hydrogen (secondary N) is 1. The molecule has 1 aromatic heterocycles. The van der Waals surface area contributed by atoms with Gasteiger partial charge in [-0.3, -0.25) is 9.78 Å². The van der Waals surface area contributed by atoms with Crippen molar-refractivity contribution in [3.8, 4) is 0 Å². The summed E-state index contributed by atoms with van der Waals surface area (Å²) < 4.78 is 20.3. The Balaban J connectivity index is 2.37. The van der Waals surface area contributed by atoms with E-state index >= 15 is 0 Å². The van der Waals surface area contributed by atoms with E-state index in [4.69, 9.17) is 4.74 Å². The van der Waals surface area contributed by atoms with Crippen molar-refractivity contribution >= 4 is 6.08 Å². The maximum absolute atomic E-state index is 14.9. The Bertz CT molecular complexity index is 892. The van der Waals surface area contributed by atoms with Crippen molar-refractivity contribution in [3.63, 3.8) is 0 Å². The van der Waals surface area contributed by atoms with E-state index in [2.05, 4.69) is 13.5 Å². The molecule has 0 radical (unpaired) electrons. The van der Waals surface area contributed by atoms with Gasteiger partial charge in [0, 0.05) is 6.20 Å². The molecule has 0 spiro atoms. The molecule has 1 saturated heterocycles. The van der Waals surface area contributed by atoms with Crippen LogP contribution in [0.5, 0.6) is 0 Å². The van der Waals surface area contributed by atoms with E-state index in [1.807, 2.05) is 4.98 Å². The fourth-order valence-corrected chi connectivity index (χ4v) is 3.76. The Labute approximate surface area is 184 Å². The van der Waals surface area contributed by atoms with Gasteiger partial charge in [-0.25, -0.2) is 13.8 Å². The van der Waals surface area contributed by atoms with Gasteiger partial charge in [0.2, 0.25) is 5.72 Å². The zero-order valence-corrected chi connectivity index (χ0v) is 18.0. The fraction of sp³-hybridized carbons (Fsp3) is 0.700. The number of aliphatic hydroxyl groups is 4. The molecule has 12 heteroatoms. The lowest BCUT2D eigenvalue weighted by atomic mass is 9.99. The lowest BCUT2D eigenvalue weighted by molar-refractivity contribution is -0.428. The van der Waals surface area contributed by atoms with Gasteiger partial charge in [-0.2, -0.15) is 0 Å². The van der Waals surface area contributed by atoms with Crippen LogP contribution in [0.3, 0.4) is 0 Å². The number of aromatic amines is 1. The van der Waals surface area contributed by atoms with E-state index in [1.165, 1.54) is 0 Å². The highest BCUT2D eigenvalue weighted by Gasteiger charge is 2.71. The van der Waals surface area contributed by atoms with Gasteiger partial charge in [0.25, 0.3) is 5.56 Å². The number of hydroxylamine groups is 2. The van der Waals surface area contributed by atoms with Gasteiger partial charge in [0.15, 0.2) is 6.30 Å². The van der Waals surface area contributed by atoms with Crippen LogP contribution in [-0.4, -0.2) is 71.1 Å². The smallest absolute Gasteiger partial charge is 0.332 e. The predicted molar refractivity (Wildman–Crippen MR) is 111 cm³/mol. The van der Waals surface area contributed by atoms with Crippen molar-refractivity contribution in [2.45, 2.75) is 82.0 Å². The van der Waals surface area contributed by atoms with Crippen LogP contribution in [0, 0.1) is 0 Å². The van der Waals surface area contributed by atoms with Crippen LogP contribution in [0.2, 0.25) is 0 Å². The van der Waals surface area contributed by atoms with Crippen LogP contribution in [0.25, 0.3) is 6.08 Å². The number of H-pyrrole nitrogens is 1. The first-order valence-corrected chi connectivity index (χ1v) is 10.6. The maximum atomic E-state index is 14.9. The first kappa shape index (κ1) is 26.3. The highest BCUT2D eigenvalue weighted by molar-refractivity contribution is 5.43. The number of rotatable bonds is 12. The molecule has 1 fully saturated rings. The number of ether oxygens (including phenoxy) is 1. The minimum atomic E-state index is -3.32. The topological polar surface area (TPSA) is 168 Å². The first-order chi connectivity index (χ1) is 15.1. The molecular formula is C20H32FN3O8. The molecule has 1 aliphatic heterocycles. The first-order valence-electron chi connectivity index (χ1n) is 10.6. The summed E-state index contributed by atoms with van der Waals surface area (Å²) in [6.07, 6.45) is 0.284. The Morgan fingerprint density at radius 3 is 2.53 bits per heavy atom. The van der Waals surface area contributed by atoms with Crippen LogP contribution >= 0.6 is 0 Å². The average Bonchev–Trinajstić information content (AvgIpc) is 2.97. The zero-order chi connectivity index (χ0) is 24.1. The molecule has 2 heterocycles. The van der Waals surface area contributed by atoms with Crippen LogP contribution < -0.4 is 11.2 Å². The summed E-state index contributed by atoms with van der Waals surface area (Å²) in [5.74, 6) is -3.28. The molecule has 2 rings (SSSR count). The van der Waals surface area contributed by atoms with Gasteiger partial charge in [-0.1, -0.05) is 51.7 Å². The number of unbranched alkanes of at least 4 members (excludes halogenated alkanes) is 5. The minimum Gasteiger partial charge on any atom is -0.394 e. The third-order valence-corrected chi connectivity index (χ3v) is 5.67. The van der Waals surface area contributed by atoms with Crippen LogP contribution in [-0.2, 0) is 10.6 Å². The molecular weight excluding hydrogens is 429 g/mol. The zero-order valence-electron chi connectivity index (χ0n) is 18.0. The SMILES string of the molecule is C=Cc1cn([C@]2(O)O[C@H](CO)[C@@H](O)[C@]2(O)N(O)C(F)CCCCCCCC)c(=O)[nH]c1=O. The third kappa shape index (κ3) is 4.71. The van der Waals surface area contributed by atoms with Crippen molar-refractivity contribution in [1.29, 1.82) is 0 Å². The second-order valence-electron chi connectivity index (χ2n) is 7.87. The van der Waals surface area contributed by atoms with Crippen LogP contribution in [0.4, 0.5) is 4.39 Å². The molecule has 1 unspecified atom stereocenters. The molecule has 0 bridgehead atoms. The largest absolute Gasteiger partial charge is 0.394 e. The van der Waals surface area contributed by atoms with Gasteiger partial charge in [0.05, 0.1) is 12.2 Å². The molecule has 11 nitrogen and oxygen atoms in total. The van der Waals surface area contributed by atoms with Crippen molar-refractivity contribution in [1.82, 2.24) is 14.6 Å². The third-order valence-electron chi connectivity index (χ3n) is 5.67. The van der Waals surface area contributed by atoms with Crippen molar-refractivity contribution in [2.75, 3.05) is 6.61 Å².